The number of nitrogens with one attached hydrogen (secondary N) is 16. The molecule has 2 aromatic carbocycles. The number of H-pyrrole nitrogens is 3. The van der Waals surface area contributed by atoms with Gasteiger partial charge < -0.3 is 110 Å². The molecule has 0 radical (unpaired) electrons. The molecule has 2 bridgehead atoms. The maximum Gasteiger partial charge on any atom is 0.305 e. The van der Waals surface area contributed by atoms with Gasteiger partial charge in [-0.2, -0.15) is 0 Å². The number of aliphatic carboxylic acids is 2. The number of aliphatic hydroxyl groups excluding tert-OH is 1. The number of aliphatic hydroxyl groups is 1. The van der Waals surface area contributed by atoms with Crippen molar-refractivity contribution in [3.05, 3.63) is 90.3 Å². The third-order valence-corrected chi connectivity index (χ3v) is 19.8. The molecular weight excluding hydrogens is 1490 g/mol. The second-order valence-corrected chi connectivity index (χ2v) is 31.0. The van der Waals surface area contributed by atoms with Crippen LogP contribution in [0.2, 0.25) is 0 Å². The summed E-state index contributed by atoms with van der Waals surface area (Å²) in [5.41, 5.74) is 5.22. The summed E-state index contributed by atoms with van der Waals surface area (Å²) in [6, 6.07) is -3.28. The number of imidazole rings is 1. The molecule has 3 aliphatic heterocycles. The van der Waals surface area contributed by atoms with Crippen LogP contribution >= 0.6 is 0 Å². The summed E-state index contributed by atoms with van der Waals surface area (Å²) in [6.45, 7) is 14.2. The summed E-state index contributed by atoms with van der Waals surface area (Å²) in [7, 11) is 0. The lowest BCUT2D eigenvalue weighted by molar-refractivity contribution is -0.143. The molecule has 14 amide bonds. The number of carboxylic acids is 2. The number of amides is 14. The zero-order chi connectivity index (χ0) is 84.8. The number of nitrogens with zero attached hydrogens (tertiary/aromatic N) is 2. The summed E-state index contributed by atoms with van der Waals surface area (Å²) < 4.78 is 0. The van der Waals surface area contributed by atoms with Gasteiger partial charge >= 0.3 is 11.9 Å². The molecule has 0 saturated carbocycles. The van der Waals surface area contributed by atoms with Crippen molar-refractivity contribution in [2.75, 3.05) is 19.6 Å². The molecule has 0 aliphatic carbocycles. The Balaban J connectivity index is 1.30. The van der Waals surface area contributed by atoms with Gasteiger partial charge in [-0.1, -0.05) is 77.4 Å². The minimum Gasteiger partial charge on any atom is -0.481 e. The molecule has 38 nitrogen and oxygen atoms in total. The van der Waals surface area contributed by atoms with Gasteiger partial charge in [0.15, 0.2) is 0 Å². The van der Waals surface area contributed by atoms with Crippen molar-refractivity contribution in [1.82, 2.24) is 94.0 Å². The minimum absolute atomic E-state index is 0.0556. The highest BCUT2D eigenvalue weighted by molar-refractivity contribution is 6.01. The molecule has 115 heavy (non-hydrogen) atoms. The van der Waals surface area contributed by atoms with Gasteiger partial charge in [-0.15, -0.1) is 0 Å². The topological polar surface area (TPSA) is 580 Å². The number of rotatable bonds is 23. The number of benzene rings is 2. The van der Waals surface area contributed by atoms with E-state index in [0.717, 1.165) is 0 Å². The van der Waals surface area contributed by atoms with Crippen LogP contribution in [0, 0.1) is 11.8 Å². The van der Waals surface area contributed by atoms with E-state index in [9.17, 15) is 82.4 Å². The maximum atomic E-state index is 15.4. The van der Waals surface area contributed by atoms with Crippen LogP contribution in [0.3, 0.4) is 0 Å². The Labute approximate surface area is 663 Å². The molecule has 8 rings (SSSR count). The Bertz CT molecular complexity index is 4330. The Morgan fingerprint density at radius 1 is 0.635 bits per heavy atom. The minimum atomic E-state index is -2.09. The van der Waals surface area contributed by atoms with E-state index in [2.05, 4.69) is 89.1 Å². The monoisotopic (exact) mass is 1600 g/mol. The molecule has 38 heteroatoms. The third-order valence-electron chi connectivity index (χ3n) is 19.8. The fourth-order valence-corrected chi connectivity index (χ4v) is 13.6. The number of primary amides is 1. The first kappa shape index (κ1) is 90.4. The summed E-state index contributed by atoms with van der Waals surface area (Å²) in [4.78, 5) is 242. The lowest BCUT2D eigenvalue weighted by Gasteiger charge is -2.42. The first-order valence-corrected chi connectivity index (χ1v) is 38.4. The number of carbonyl (C=O) groups is 16. The molecular formula is C77H109N19O19. The zero-order valence-corrected chi connectivity index (χ0v) is 66.2. The van der Waals surface area contributed by atoms with Crippen LogP contribution in [0.1, 0.15) is 150 Å². The summed E-state index contributed by atoms with van der Waals surface area (Å²) in [6.07, 6.45) is -0.313. The smallest absolute Gasteiger partial charge is 0.305 e. The zero-order valence-electron chi connectivity index (χ0n) is 66.2. The molecule has 1 unspecified atom stereocenters. The van der Waals surface area contributed by atoms with Gasteiger partial charge in [0.2, 0.25) is 82.7 Å². The summed E-state index contributed by atoms with van der Waals surface area (Å²) in [5.74, 6) is -17.5. The number of para-hydroxylation sites is 2. The number of carbonyl (C=O) groups excluding carboxylic acids is 14. The van der Waals surface area contributed by atoms with Gasteiger partial charge in [0, 0.05) is 91.1 Å². The SMILES string of the molecule is CCC[C@@H]1NC(=O)[C@H](CCC(=O)O)NC(=O)CNC(=O)[C@H](CC(C)C)NC(=O)[C@H](Cc2c[nH]cn2)NC(=O)[C@H](Cc2c[nH]c3ccccc23)NC(=O)[C@H](C)NC(=O)[C@@H](NC(=O)[C@H](CC(=O)O)NC(C)(C)C)CCC(=O)N2CCC(C(=O)N[C@H](C(N)=O)C(C)O)(CC2)NC(=O)[C@H](Cc2c[nH]c3ccccc23)NC(=O)[C@H](C(C)C)NC1=O. The normalized spacial score (nSPS) is 23.8. The van der Waals surface area contributed by atoms with Crippen LogP contribution in [0.4, 0.5) is 0 Å². The van der Waals surface area contributed by atoms with Crippen molar-refractivity contribution in [3.63, 3.8) is 0 Å². The van der Waals surface area contributed by atoms with Crippen LogP contribution in [0.5, 0.6) is 0 Å². The Morgan fingerprint density at radius 3 is 1.71 bits per heavy atom. The van der Waals surface area contributed by atoms with Crippen molar-refractivity contribution >= 4 is 116 Å². The quantitative estimate of drug-likeness (QED) is 0.0318. The number of aromatic nitrogens is 4. The largest absolute Gasteiger partial charge is 0.481 e. The molecule has 5 aromatic rings. The highest BCUT2D eigenvalue weighted by atomic mass is 16.4. The number of carboxylic acid groups (broad SMARTS) is 2. The Hall–Kier alpha value is -11.8. The van der Waals surface area contributed by atoms with Gasteiger partial charge in [0.25, 0.3) is 0 Å². The number of fused-ring (bicyclic) bond motifs is 36. The van der Waals surface area contributed by atoms with E-state index in [1.165, 1.54) is 31.3 Å². The van der Waals surface area contributed by atoms with Crippen molar-refractivity contribution in [2.45, 2.75) is 236 Å². The highest BCUT2D eigenvalue weighted by Crippen LogP contribution is 2.27. The first-order valence-electron chi connectivity index (χ1n) is 38.4. The second-order valence-electron chi connectivity index (χ2n) is 31.0. The predicted octanol–water partition coefficient (Wildman–Crippen LogP) is -1.88. The fourth-order valence-electron chi connectivity index (χ4n) is 13.6. The van der Waals surface area contributed by atoms with Crippen LogP contribution in [-0.2, 0) is 96.0 Å². The number of piperidine rings is 1. The third kappa shape index (κ3) is 26.4. The van der Waals surface area contributed by atoms with Gasteiger partial charge in [-0.05, 0) is 108 Å². The van der Waals surface area contributed by atoms with Gasteiger partial charge in [-0.3, -0.25) is 76.7 Å². The number of aromatic amines is 3. The van der Waals surface area contributed by atoms with Crippen LogP contribution < -0.4 is 74.9 Å². The number of nitrogens with two attached hydrogens (primary N) is 1. The van der Waals surface area contributed by atoms with Gasteiger partial charge in [0.05, 0.1) is 37.1 Å². The van der Waals surface area contributed by atoms with E-state index >= 15 is 9.59 Å². The summed E-state index contributed by atoms with van der Waals surface area (Å²) >= 11 is 0. The average molecular weight is 1600 g/mol. The van der Waals surface area contributed by atoms with Crippen molar-refractivity contribution < 1.29 is 92.0 Å². The van der Waals surface area contributed by atoms with Crippen LogP contribution in [0.15, 0.2) is 73.4 Å². The number of hydrogen-bond acceptors (Lipinski definition) is 19. The summed E-state index contributed by atoms with van der Waals surface area (Å²) in [5, 5.41) is 65.9. The van der Waals surface area contributed by atoms with E-state index in [1.807, 2.05) is 0 Å². The Morgan fingerprint density at radius 2 is 1.17 bits per heavy atom. The van der Waals surface area contributed by atoms with E-state index in [1.54, 1.807) is 116 Å². The highest BCUT2D eigenvalue weighted by Gasteiger charge is 2.47. The molecule has 3 saturated heterocycles. The number of hydrogen-bond donors (Lipinski definition) is 20. The Kier molecular flexibility index (Phi) is 32.4. The molecule has 3 aliphatic rings. The van der Waals surface area contributed by atoms with Crippen molar-refractivity contribution in [3.8, 4) is 0 Å². The maximum absolute atomic E-state index is 15.4. The lowest BCUT2D eigenvalue weighted by atomic mass is 9.85. The molecule has 12 atom stereocenters. The molecule has 626 valence electrons. The van der Waals surface area contributed by atoms with E-state index in [0.29, 0.717) is 32.9 Å². The molecule has 3 fully saturated rings. The van der Waals surface area contributed by atoms with Gasteiger partial charge in [0.1, 0.15) is 66.0 Å². The first-order chi connectivity index (χ1) is 54.2. The van der Waals surface area contributed by atoms with E-state index < -0.39 is 236 Å². The predicted molar refractivity (Wildman–Crippen MR) is 416 cm³/mol. The van der Waals surface area contributed by atoms with Crippen molar-refractivity contribution in [2.24, 2.45) is 17.6 Å². The molecule has 21 N–H and O–H groups in total. The lowest BCUT2D eigenvalue weighted by Crippen LogP contribution is -2.68. The molecule has 0 spiro atoms. The van der Waals surface area contributed by atoms with E-state index in [4.69, 9.17) is 5.73 Å². The molecule has 3 aromatic heterocycles. The van der Waals surface area contributed by atoms with E-state index in [-0.39, 0.29) is 63.2 Å². The standard InChI is InChI=1S/C77H109N19O19/c1-11-16-50-69(109)92-62(40(4)5)74(114)91-55(31-44-35-81-49-20-15-13-18-47(44)49)73(113)95-77(75(115)93-63(42(7)97)64(78)104)25-27-96(28-26-77)59(99)23-21-52(87-72(112)57(33-61(102)103)94-76(8,9)10)67(107)84-41(6)65(105)88-54(30-43-34-80-48-19-14-12-17-46(43)48)70(110)90-56(32-45-36-79-38-83-45)71(111)89-53(29-39(2)3)66(106)82-37-58(98)85-51(68(108)86-50)22-24-60(100)101/h12-15,17-20,34-36,38-42,50-57,62-63,80-81,94,97H,11,16,21-33,37H2,1-10H3,(H2,78,104)(H,79,83)(H,82,106)(H,84,107)(H,85,98)(H,86,108)(H,87,112)(H,88,105)(H,89,111)(H,90,110)(H,91,114)(H,92,109)(H,93,115)(H,95,113)(H,100,101)(H,102,103)/t41-,42?,50-,51-,52-,53-,54-,55-,56-,57-,62-,63-/m0/s1. The van der Waals surface area contributed by atoms with Crippen LogP contribution in [-0.4, -0.2) is 238 Å². The van der Waals surface area contributed by atoms with Gasteiger partial charge in [-0.25, -0.2) is 4.98 Å². The fraction of sp³-hybridized carbons (Fsp3) is 0.545. The second kappa shape index (κ2) is 41.3. The van der Waals surface area contributed by atoms with Crippen molar-refractivity contribution in [1.29, 1.82) is 0 Å². The molecule has 6 heterocycles. The van der Waals surface area contributed by atoms with Crippen LogP contribution in [0.25, 0.3) is 21.8 Å². The average Bonchev–Trinajstić information content (AvgIpc) is 1.76.